The van der Waals surface area contributed by atoms with Gasteiger partial charge >= 0.3 is 5.97 Å². The van der Waals surface area contributed by atoms with E-state index < -0.39 is 0 Å². The lowest BCUT2D eigenvalue weighted by Crippen LogP contribution is -2.38. The number of carbonyl (C=O) groups excluding carboxylic acids is 1. The van der Waals surface area contributed by atoms with Crippen molar-refractivity contribution >= 4 is 16.7 Å². The summed E-state index contributed by atoms with van der Waals surface area (Å²) in [6.07, 6.45) is 7.00. The van der Waals surface area contributed by atoms with E-state index in [0.717, 1.165) is 32.5 Å². The summed E-state index contributed by atoms with van der Waals surface area (Å²) in [5.74, 6) is 0.608. The second-order valence-electron chi connectivity index (χ2n) is 11.1. The van der Waals surface area contributed by atoms with Gasteiger partial charge in [0.1, 0.15) is 0 Å². The summed E-state index contributed by atoms with van der Waals surface area (Å²) in [6.45, 7) is 7.45. The fraction of sp³-hybridized carbons (Fsp3) is 0.485. The molecule has 3 unspecified atom stereocenters. The number of benzene rings is 3. The maximum atomic E-state index is 12.2. The van der Waals surface area contributed by atoms with E-state index in [0.29, 0.717) is 24.6 Å². The molecule has 5 rings (SSSR count). The van der Waals surface area contributed by atoms with Crippen molar-refractivity contribution in [2.45, 2.75) is 76.9 Å². The Hall–Kier alpha value is -2.69. The Balaban J connectivity index is 1.17. The summed E-state index contributed by atoms with van der Waals surface area (Å²) >= 11 is 0. The molecule has 0 spiro atoms. The molecule has 3 aromatic rings. The van der Waals surface area contributed by atoms with Gasteiger partial charge in [0.05, 0.1) is 12.5 Å². The zero-order chi connectivity index (χ0) is 25.6. The first kappa shape index (κ1) is 25.9. The molecule has 2 aliphatic rings. The van der Waals surface area contributed by atoms with E-state index in [2.05, 4.69) is 83.9 Å². The minimum atomic E-state index is -0.0298. The number of likely N-dealkylation sites (tertiary alicyclic amines) is 1. The highest BCUT2D eigenvalue weighted by atomic mass is 16.5. The van der Waals surface area contributed by atoms with Gasteiger partial charge < -0.3 is 10.1 Å². The van der Waals surface area contributed by atoms with Gasteiger partial charge in [-0.05, 0) is 85.9 Å². The van der Waals surface area contributed by atoms with Gasteiger partial charge in [0, 0.05) is 25.2 Å². The van der Waals surface area contributed by atoms with E-state index in [1.165, 1.54) is 53.1 Å². The van der Waals surface area contributed by atoms with Crippen LogP contribution in [0.1, 0.15) is 81.0 Å². The van der Waals surface area contributed by atoms with Crippen LogP contribution in [0.3, 0.4) is 0 Å². The summed E-state index contributed by atoms with van der Waals surface area (Å²) in [4.78, 5) is 14.6. The lowest BCUT2D eigenvalue weighted by molar-refractivity contribution is -0.150. The summed E-state index contributed by atoms with van der Waals surface area (Å²) in [5.41, 5.74) is 4.20. The molecule has 37 heavy (non-hydrogen) atoms. The predicted octanol–water partition coefficient (Wildman–Crippen LogP) is 6.99. The van der Waals surface area contributed by atoms with Gasteiger partial charge in [0.15, 0.2) is 0 Å². The van der Waals surface area contributed by atoms with Crippen LogP contribution in [0, 0.1) is 5.92 Å². The number of esters is 1. The molecule has 4 heteroatoms. The molecule has 0 radical (unpaired) electrons. The topological polar surface area (TPSA) is 41.6 Å². The average molecular weight is 499 g/mol. The third-order valence-electron chi connectivity index (χ3n) is 8.43. The number of carbonyl (C=O) groups is 1. The van der Waals surface area contributed by atoms with Gasteiger partial charge in [-0.2, -0.15) is 0 Å². The maximum absolute atomic E-state index is 12.2. The predicted molar refractivity (Wildman–Crippen MR) is 152 cm³/mol. The van der Waals surface area contributed by atoms with Crippen LogP contribution in [0.15, 0.2) is 66.7 Å². The molecule has 4 nitrogen and oxygen atoms in total. The molecule has 2 fully saturated rings. The van der Waals surface area contributed by atoms with E-state index in [4.69, 9.17) is 4.74 Å². The normalized spacial score (nSPS) is 23.6. The maximum Gasteiger partial charge on any atom is 0.310 e. The van der Waals surface area contributed by atoms with Crippen molar-refractivity contribution in [3.63, 3.8) is 0 Å². The van der Waals surface area contributed by atoms with Crippen LogP contribution >= 0.6 is 0 Å². The van der Waals surface area contributed by atoms with Crippen molar-refractivity contribution in [3.05, 3.63) is 83.4 Å². The number of nitrogens with zero attached hydrogens (tertiary/aromatic N) is 1. The molecular weight excluding hydrogens is 456 g/mol. The number of hydrogen-bond acceptors (Lipinski definition) is 4. The molecule has 1 saturated heterocycles. The molecule has 0 bridgehead atoms. The molecule has 1 saturated carbocycles. The molecule has 0 aromatic heterocycles. The Kier molecular flexibility index (Phi) is 8.58. The third-order valence-corrected chi connectivity index (χ3v) is 8.43. The van der Waals surface area contributed by atoms with Crippen molar-refractivity contribution in [1.29, 1.82) is 0 Å². The molecule has 196 valence electrons. The monoisotopic (exact) mass is 498 g/mol. The van der Waals surface area contributed by atoms with Gasteiger partial charge in [-0.1, -0.05) is 73.2 Å². The largest absolute Gasteiger partial charge is 0.466 e. The lowest BCUT2D eigenvalue weighted by atomic mass is 9.80. The first-order chi connectivity index (χ1) is 18.1. The summed E-state index contributed by atoms with van der Waals surface area (Å²) in [6, 6.07) is 25.6. The highest BCUT2D eigenvalue weighted by Crippen LogP contribution is 2.35. The number of fused-ring (bicyclic) bond motifs is 1. The Morgan fingerprint density at radius 3 is 2.65 bits per heavy atom. The van der Waals surface area contributed by atoms with Crippen LogP contribution in [0.4, 0.5) is 0 Å². The van der Waals surface area contributed by atoms with Crippen LogP contribution in [-0.4, -0.2) is 36.6 Å². The summed E-state index contributed by atoms with van der Waals surface area (Å²) in [7, 11) is 0. The number of ether oxygens (including phenoxy) is 1. The fourth-order valence-corrected chi connectivity index (χ4v) is 6.52. The van der Waals surface area contributed by atoms with E-state index in [1.54, 1.807) is 0 Å². The molecule has 1 aliphatic heterocycles. The standard InChI is InChI=1S/C33H42N2O2/c1-3-37-33(36)29-12-8-20-35(23-29)22-25-16-18-26(19-17-25)28-11-6-13-30(21-28)34-24(2)31-15-7-10-27-9-4-5-14-32(27)31/h4-5,7,9-10,14-19,24,28-30,34H,3,6,8,11-13,20-23H2,1-2H3/t24-,28?,29?,30?/m1/s1. The van der Waals surface area contributed by atoms with Gasteiger partial charge in [0.25, 0.3) is 0 Å². The minimum Gasteiger partial charge on any atom is -0.466 e. The third kappa shape index (κ3) is 6.42. The zero-order valence-corrected chi connectivity index (χ0v) is 22.5. The average Bonchev–Trinajstić information content (AvgIpc) is 2.93. The summed E-state index contributed by atoms with van der Waals surface area (Å²) < 4.78 is 5.27. The highest BCUT2D eigenvalue weighted by molar-refractivity contribution is 5.86. The Bertz CT molecular complexity index is 1170. The van der Waals surface area contributed by atoms with Crippen molar-refractivity contribution in [3.8, 4) is 0 Å². The molecule has 0 amide bonds. The van der Waals surface area contributed by atoms with Crippen LogP contribution in [-0.2, 0) is 16.1 Å². The number of hydrogen-bond donors (Lipinski definition) is 1. The van der Waals surface area contributed by atoms with Gasteiger partial charge in [-0.15, -0.1) is 0 Å². The Morgan fingerprint density at radius 2 is 1.81 bits per heavy atom. The van der Waals surface area contributed by atoms with Crippen LogP contribution in [0.2, 0.25) is 0 Å². The SMILES string of the molecule is CCOC(=O)C1CCCN(Cc2ccc(C3CCCC(N[C@H](C)c4cccc5ccccc45)C3)cc2)C1. The van der Waals surface area contributed by atoms with Crippen LogP contribution < -0.4 is 5.32 Å². The van der Waals surface area contributed by atoms with E-state index >= 15 is 0 Å². The van der Waals surface area contributed by atoms with Gasteiger partial charge in [0.2, 0.25) is 0 Å². The van der Waals surface area contributed by atoms with Crippen LogP contribution in [0.5, 0.6) is 0 Å². The molecule has 1 aliphatic carbocycles. The van der Waals surface area contributed by atoms with Crippen molar-refractivity contribution in [2.24, 2.45) is 5.92 Å². The Labute approximate surface area is 222 Å². The second-order valence-corrected chi connectivity index (χ2v) is 11.1. The molecule has 3 aromatic carbocycles. The first-order valence-corrected chi connectivity index (χ1v) is 14.3. The second kappa shape index (κ2) is 12.2. The minimum absolute atomic E-state index is 0.0240. The van der Waals surface area contributed by atoms with Gasteiger partial charge in [-0.25, -0.2) is 0 Å². The van der Waals surface area contributed by atoms with E-state index in [9.17, 15) is 4.79 Å². The molecule has 4 atom stereocenters. The highest BCUT2D eigenvalue weighted by Gasteiger charge is 2.27. The Morgan fingerprint density at radius 1 is 1.00 bits per heavy atom. The molecule has 1 N–H and O–H groups in total. The quantitative estimate of drug-likeness (QED) is 0.340. The first-order valence-electron chi connectivity index (χ1n) is 14.3. The zero-order valence-electron chi connectivity index (χ0n) is 22.5. The van der Waals surface area contributed by atoms with Crippen molar-refractivity contribution in [2.75, 3.05) is 19.7 Å². The number of piperidine rings is 1. The molecule has 1 heterocycles. The lowest BCUT2D eigenvalue weighted by Gasteiger charge is -2.33. The smallest absolute Gasteiger partial charge is 0.310 e. The summed E-state index contributed by atoms with van der Waals surface area (Å²) in [5, 5.41) is 6.64. The molecular formula is C33H42N2O2. The van der Waals surface area contributed by atoms with Crippen molar-refractivity contribution in [1.82, 2.24) is 10.2 Å². The van der Waals surface area contributed by atoms with Crippen LogP contribution in [0.25, 0.3) is 10.8 Å². The number of nitrogens with one attached hydrogen (secondary N) is 1. The van der Waals surface area contributed by atoms with Crippen molar-refractivity contribution < 1.29 is 9.53 Å². The van der Waals surface area contributed by atoms with E-state index in [-0.39, 0.29) is 11.9 Å². The van der Waals surface area contributed by atoms with E-state index in [1.807, 2.05) is 6.92 Å². The number of rotatable bonds is 8. The van der Waals surface area contributed by atoms with Gasteiger partial charge in [-0.3, -0.25) is 9.69 Å². The fourth-order valence-electron chi connectivity index (χ4n) is 6.52.